The minimum atomic E-state index is -0.182. The van der Waals surface area contributed by atoms with Crippen LogP contribution >= 0.6 is 12.2 Å². The summed E-state index contributed by atoms with van der Waals surface area (Å²) in [6.45, 7) is 8.33. The third kappa shape index (κ3) is 5.57. The number of allylic oxidation sites excluding steroid dienone is 1. The number of nitrogens with one attached hydrogen (secondary N) is 1. The van der Waals surface area contributed by atoms with Crippen molar-refractivity contribution in [1.82, 2.24) is 14.6 Å². The normalized spacial score (nSPS) is 10.5. The van der Waals surface area contributed by atoms with E-state index in [1.165, 1.54) is 21.4 Å². The number of hydrogen-bond acceptors (Lipinski definition) is 5. The molecule has 6 nitrogen and oxygen atoms in total. The summed E-state index contributed by atoms with van der Waals surface area (Å²) < 4.78 is 3.04. The molecule has 0 aliphatic heterocycles. The van der Waals surface area contributed by atoms with E-state index in [4.69, 9.17) is 17.1 Å². The zero-order chi connectivity index (χ0) is 16.5. The van der Waals surface area contributed by atoms with Gasteiger partial charge in [0.15, 0.2) is 4.77 Å². The van der Waals surface area contributed by atoms with Crippen molar-refractivity contribution in [3.05, 3.63) is 39.7 Å². The van der Waals surface area contributed by atoms with Crippen LogP contribution in [0.5, 0.6) is 0 Å². The van der Waals surface area contributed by atoms with Crippen molar-refractivity contribution < 1.29 is 9.63 Å². The summed E-state index contributed by atoms with van der Waals surface area (Å²) in [6.07, 6.45) is 4.34. The average Bonchev–Trinajstić information content (AvgIpc) is 2.46. The molecule has 0 saturated heterocycles. The highest BCUT2D eigenvalue weighted by Gasteiger charge is 2.08. The smallest absolute Gasteiger partial charge is 0.254 e. The molecular weight excluding hydrogens is 302 g/mol. The van der Waals surface area contributed by atoms with Gasteiger partial charge in [-0.15, -0.1) is 0 Å². The van der Waals surface area contributed by atoms with Gasteiger partial charge < -0.3 is 0 Å². The van der Waals surface area contributed by atoms with Gasteiger partial charge >= 0.3 is 0 Å². The number of carbonyl (C=O) groups is 1. The van der Waals surface area contributed by atoms with Gasteiger partial charge in [0.1, 0.15) is 0 Å². The maximum Gasteiger partial charge on any atom is 0.254 e. The van der Waals surface area contributed by atoms with Gasteiger partial charge in [0.2, 0.25) is 5.91 Å². The van der Waals surface area contributed by atoms with E-state index in [9.17, 15) is 9.59 Å². The molecule has 0 amide bonds. The summed E-state index contributed by atoms with van der Waals surface area (Å²) >= 11 is 5.18. The SMILES string of the molecule is C=C(C)NOCCCCCC(=O)n1ccc(=O)n(CC)c1=S. The second-order valence-corrected chi connectivity index (χ2v) is 5.35. The third-order valence-corrected chi connectivity index (χ3v) is 3.45. The van der Waals surface area contributed by atoms with E-state index in [0.717, 1.165) is 25.0 Å². The standard InChI is InChI=1S/C15H23N3O3S/c1-4-17-14(20)9-10-18(15(17)22)13(19)8-6-5-7-11-21-16-12(2)3/h9-10,16H,2,4-8,11H2,1,3H3. The average molecular weight is 325 g/mol. The minimum absolute atomic E-state index is 0.0896. The van der Waals surface area contributed by atoms with Crippen LogP contribution in [0.3, 0.4) is 0 Å². The van der Waals surface area contributed by atoms with Crippen LogP contribution in [0.15, 0.2) is 29.3 Å². The van der Waals surface area contributed by atoms with Gasteiger partial charge in [-0.05, 0) is 38.9 Å². The number of hydrogen-bond donors (Lipinski definition) is 1. The molecule has 7 heteroatoms. The Labute approximate surface area is 135 Å². The fraction of sp³-hybridized carbons (Fsp3) is 0.533. The van der Waals surface area contributed by atoms with Crippen LogP contribution in [0, 0.1) is 4.77 Å². The number of unbranched alkanes of at least 4 members (excludes halogenated alkanes) is 2. The second kappa shape index (κ2) is 9.32. The van der Waals surface area contributed by atoms with Crippen LogP contribution in [-0.4, -0.2) is 21.6 Å². The van der Waals surface area contributed by atoms with Crippen LogP contribution in [0.25, 0.3) is 0 Å². The van der Waals surface area contributed by atoms with Gasteiger partial charge in [-0.25, -0.2) is 0 Å². The number of carbonyl (C=O) groups excluding carboxylic acids is 1. The van der Waals surface area contributed by atoms with Gasteiger partial charge in [0, 0.05) is 30.9 Å². The third-order valence-electron chi connectivity index (χ3n) is 3.04. The lowest BCUT2D eigenvalue weighted by molar-refractivity contribution is 0.0599. The molecule has 0 bridgehead atoms. The first-order valence-electron chi connectivity index (χ1n) is 7.36. The Balaban J connectivity index is 2.42. The van der Waals surface area contributed by atoms with E-state index < -0.39 is 0 Å². The minimum Gasteiger partial charge on any atom is -0.285 e. The highest BCUT2D eigenvalue weighted by molar-refractivity contribution is 7.71. The summed E-state index contributed by atoms with van der Waals surface area (Å²) in [5.74, 6) is -0.0896. The van der Waals surface area contributed by atoms with E-state index in [1.807, 2.05) is 13.8 Å². The molecule has 1 aromatic heterocycles. The van der Waals surface area contributed by atoms with E-state index in [2.05, 4.69) is 12.1 Å². The quantitative estimate of drug-likeness (QED) is 0.429. The largest absolute Gasteiger partial charge is 0.285 e. The molecule has 0 spiro atoms. The molecule has 0 aliphatic carbocycles. The molecule has 0 fully saturated rings. The Bertz CT molecular complexity index is 634. The summed E-state index contributed by atoms with van der Waals surface area (Å²) in [7, 11) is 0. The number of aromatic nitrogens is 2. The van der Waals surface area contributed by atoms with E-state index >= 15 is 0 Å². The molecule has 22 heavy (non-hydrogen) atoms. The molecule has 0 radical (unpaired) electrons. The van der Waals surface area contributed by atoms with E-state index in [0.29, 0.717) is 19.6 Å². The van der Waals surface area contributed by atoms with Crippen molar-refractivity contribution in [2.75, 3.05) is 6.61 Å². The van der Waals surface area contributed by atoms with Crippen molar-refractivity contribution in [1.29, 1.82) is 0 Å². The summed E-state index contributed by atoms with van der Waals surface area (Å²) in [4.78, 5) is 28.9. The molecule has 0 aromatic carbocycles. The molecule has 0 saturated carbocycles. The zero-order valence-corrected chi connectivity index (χ0v) is 13.9. The summed E-state index contributed by atoms with van der Waals surface area (Å²) in [5.41, 5.74) is 3.26. The predicted octanol–water partition coefficient (Wildman–Crippen LogP) is 2.65. The van der Waals surface area contributed by atoms with Crippen LogP contribution in [0.2, 0.25) is 0 Å². The van der Waals surface area contributed by atoms with Crippen LogP contribution in [0.1, 0.15) is 44.3 Å². The van der Waals surface area contributed by atoms with Gasteiger partial charge in [-0.2, -0.15) is 0 Å². The zero-order valence-electron chi connectivity index (χ0n) is 13.1. The maximum absolute atomic E-state index is 12.1. The van der Waals surface area contributed by atoms with Gasteiger partial charge in [-0.3, -0.25) is 29.0 Å². The Kier molecular flexibility index (Phi) is 7.76. The van der Waals surface area contributed by atoms with Crippen LogP contribution in [0.4, 0.5) is 0 Å². The van der Waals surface area contributed by atoms with Crippen molar-refractivity contribution in [3.63, 3.8) is 0 Å². The van der Waals surface area contributed by atoms with E-state index in [-0.39, 0.29) is 16.2 Å². The molecule has 0 unspecified atom stereocenters. The van der Waals surface area contributed by atoms with Crippen molar-refractivity contribution in [2.24, 2.45) is 0 Å². The summed E-state index contributed by atoms with van der Waals surface area (Å²) in [5, 5.41) is 0. The van der Waals surface area contributed by atoms with Crippen molar-refractivity contribution >= 4 is 18.1 Å². The second-order valence-electron chi connectivity index (χ2n) is 4.99. The Morgan fingerprint density at radius 3 is 2.77 bits per heavy atom. The molecule has 122 valence electrons. The fourth-order valence-electron chi connectivity index (χ4n) is 1.92. The predicted molar refractivity (Wildman–Crippen MR) is 88.2 cm³/mol. The molecule has 0 atom stereocenters. The lowest BCUT2D eigenvalue weighted by atomic mass is 10.2. The lowest BCUT2D eigenvalue weighted by Gasteiger charge is -2.09. The van der Waals surface area contributed by atoms with Gasteiger partial charge in [0.05, 0.1) is 6.61 Å². The Morgan fingerprint density at radius 1 is 1.41 bits per heavy atom. The first-order chi connectivity index (χ1) is 10.5. The monoisotopic (exact) mass is 325 g/mol. The lowest BCUT2D eigenvalue weighted by Crippen LogP contribution is -2.25. The molecule has 1 heterocycles. The Hall–Kier alpha value is -1.73. The Morgan fingerprint density at radius 2 is 2.14 bits per heavy atom. The molecule has 1 N–H and O–H groups in total. The van der Waals surface area contributed by atoms with Crippen molar-refractivity contribution in [3.8, 4) is 0 Å². The fourth-order valence-corrected chi connectivity index (χ4v) is 2.30. The van der Waals surface area contributed by atoms with Gasteiger partial charge in [-0.1, -0.05) is 13.0 Å². The van der Waals surface area contributed by atoms with Crippen LogP contribution < -0.4 is 11.0 Å². The molecule has 1 aromatic rings. The maximum atomic E-state index is 12.1. The molecule has 0 aliphatic rings. The van der Waals surface area contributed by atoms with Crippen molar-refractivity contribution in [2.45, 2.75) is 46.1 Å². The highest BCUT2D eigenvalue weighted by Crippen LogP contribution is 2.03. The first kappa shape index (κ1) is 18.3. The molecule has 1 rings (SSSR count). The van der Waals surface area contributed by atoms with Crippen LogP contribution in [-0.2, 0) is 11.4 Å². The number of nitrogens with zero attached hydrogens (tertiary/aromatic N) is 2. The topological polar surface area (TPSA) is 65.3 Å². The van der Waals surface area contributed by atoms with Gasteiger partial charge in [0.25, 0.3) is 5.56 Å². The highest BCUT2D eigenvalue weighted by atomic mass is 32.1. The number of hydroxylamine groups is 1. The summed E-state index contributed by atoms with van der Waals surface area (Å²) in [6, 6.07) is 1.37. The van der Waals surface area contributed by atoms with E-state index in [1.54, 1.807) is 0 Å². The first-order valence-corrected chi connectivity index (χ1v) is 7.77. The number of rotatable bonds is 9. The molecular formula is C15H23N3O3S.